The Labute approximate surface area is 169 Å². The summed E-state index contributed by atoms with van der Waals surface area (Å²) in [6.07, 6.45) is 2.60. The van der Waals surface area contributed by atoms with Crippen LogP contribution >= 0.6 is 0 Å². The number of aryl methyl sites for hydroxylation is 1. The molecule has 0 bridgehead atoms. The van der Waals surface area contributed by atoms with Gasteiger partial charge < -0.3 is 19.5 Å². The highest BCUT2D eigenvalue weighted by atomic mass is 16.5. The van der Waals surface area contributed by atoms with Gasteiger partial charge in [0.05, 0.1) is 12.7 Å². The molecule has 2 aromatic carbocycles. The molecule has 150 valence electrons. The minimum absolute atomic E-state index is 0.155. The lowest BCUT2D eigenvalue weighted by molar-refractivity contribution is 0.193. The molecule has 1 aliphatic rings. The molecular weight excluding hydrogens is 368 g/mol. The Hall–Kier alpha value is -3.35. The second kappa shape index (κ2) is 8.34. The smallest absolute Gasteiger partial charge is 0.322 e. The van der Waals surface area contributed by atoms with Crippen LogP contribution in [0.3, 0.4) is 0 Å². The van der Waals surface area contributed by atoms with Gasteiger partial charge in [0.15, 0.2) is 0 Å². The Morgan fingerprint density at radius 3 is 2.97 bits per heavy atom. The van der Waals surface area contributed by atoms with Gasteiger partial charge in [-0.25, -0.2) is 4.79 Å². The van der Waals surface area contributed by atoms with Gasteiger partial charge in [-0.05, 0) is 49.1 Å². The number of nitrogens with zero attached hydrogens (tertiary/aromatic N) is 3. The predicted molar refractivity (Wildman–Crippen MR) is 110 cm³/mol. The Morgan fingerprint density at radius 1 is 1.28 bits per heavy atom. The molecule has 1 aliphatic heterocycles. The highest BCUT2D eigenvalue weighted by molar-refractivity contribution is 5.89. The van der Waals surface area contributed by atoms with Crippen molar-refractivity contribution in [2.24, 2.45) is 0 Å². The van der Waals surface area contributed by atoms with Crippen molar-refractivity contribution in [2.75, 3.05) is 19.0 Å². The fourth-order valence-corrected chi connectivity index (χ4v) is 3.64. The standard InChI is InChI=1S/C22H24N4O3/c1-3-15-8-6-9-16(14-15)23-22(27)26-13-7-11-18(26)21-24-20(25-29-21)17-10-4-5-12-19(17)28-2/h4-6,8-10,12,14,18H,3,7,11,13H2,1-2H3,(H,23,27)/t18-/m0/s1. The first-order chi connectivity index (χ1) is 14.2. The third kappa shape index (κ3) is 3.94. The van der Waals surface area contributed by atoms with Crippen molar-refractivity contribution >= 4 is 11.7 Å². The summed E-state index contributed by atoms with van der Waals surface area (Å²) in [4.78, 5) is 19.2. The molecular formula is C22H24N4O3. The molecule has 0 radical (unpaired) electrons. The van der Waals surface area contributed by atoms with E-state index in [1.54, 1.807) is 12.0 Å². The van der Waals surface area contributed by atoms with Crippen molar-refractivity contribution in [3.63, 3.8) is 0 Å². The lowest BCUT2D eigenvalue weighted by Crippen LogP contribution is -2.34. The van der Waals surface area contributed by atoms with Crippen molar-refractivity contribution in [1.29, 1.82) is 0 Å². The topological polar surface area (TPSA) is 80.5 Å². The maximum atomic E-state index is 12.9. The van der Waals surface area contributed by atoms with E-state index in [0.717, 1.165) is 30.5 Å². The number of anilines is 1. The van der Waals surface area contributed by atoms with Gasteiger partial charge in [0.2, 0.25) is 11.7 Å². The molecule has 0 spiro atoms. The Balaban J connectivity index is 1.53. The fraction of sp³-hybridized carbons (Fsp3) is 0.318. The number of para-hydroxylation sites is 1. The van der Waals surface area contributed by atoms with Gasteiger partial charge in [-0.2, -0.15) is 4.98 Å². The minimum Gasteiger partial charge on any atom is -0.496 e. The van der Waals surface area contributed by atoms with Crippen LogP contribution in [0.4, 0.5) is 10.5 Å². The molecule has 0 unspecified atom stereocenters. The lowest BCUT2D eigenvalue weighted by atomic mass is 10.1. The summed E-state index contributed by atoms with van der Waals surface area (Å²) in [5.41, 5.74) is 2.73. The number of methoxy groups -OCH3 is 1. The molecule has 0 saturated carbocycles. The van der Waals surface area contributed by atoms with E-state index < -0.39 is 0 Å². The molecule has 1 atom stereocenters. The number of nitrogens with one attached hydrogen (secondary N) is 1. The normalized spacial score (nSPS) is 16.1. The zero-order valence-electron chi connectivity index (χ0n) is 16.6. The van der Waals surface area contributed by atoms with Crippen LogP contribution in [0, 0.1) is 0 Å². The maximum Gasteiger partial charge on any atom is 0.322 e. The number of hydrogen-bond acceptors (Lipinski definition) is 5. The lowest BCUT2D eigenvalue weighted by Gasteiger charge is -2.22. The molecule has 1 aromatic heterocycles. The fourth-order valence-electron chi connectivity index (χ4n) is 3.64. The molecule has 1 fully saturated rings. The number of carbonyl (C=O) groups is 1. The number of likely N-dealkylation sites (tertiary alicyclic amines) is 1. The van der Waals surface area contributed by atoms with Crippen LogP contribution in [0.2, 0.25) is 0 Å². The van der Waals surface area contributed by atoms with E-state index in [1.165, 1.54) is 5.56 Å². The largest absolute Gasteiger partial charge is 0.496 e. The molecule has 29 heavy (non-hydrogen) atoms. The quantitative estimate of drug-likeness (QED) is 0.682. The average Bonchev–Trinajstić information content (AvgIpc) is 3.43. The number of amides is 2. The van der Waals surface area contributed by atoms with Gasteiger partial charge in [-0.15, -0.1) is 0 Å². The Bertz CT molecular complexity index is 1000. The molecule has 1 N–H and O–H groups in total. The number of aromatic nitrogens is 2. The first-order valence-electron chi connectivity index (χ1n) is 9.83. The van der Waals surface area contributed by atoms with Crippen LogP contribution in [0.15, 0.2) is 53.1 Å². The van der Waals surface area contributed by atoms with Crippen molar-refractivity contribution < 1.29 is 14.1 Å². The highest BCUT2D eigenvalue weighted by Crippen LogP contribution is 2.34. The molecule has 1 saturated heterocycles. The molecule has 2 amide bonds. The van der Waals surface area contributed by atoms with E-state index >= 15 is 0 Å². The summed E-state index contributed by atoms with van der Waals surface area (Å²) >= 11 is 0. The van der Waals surface area contributed by atoms with Gasteiger partial charge in [0.25, 0.3) is 0 Å². The van der Waals surface area contributed by atoms with Crippen molar-refractivity contribution in [2.45, 2.75) is 32.2 Å². The third-order valence-corrected chi connectivity index (χ3v) is 5.17. The van der Waals surface area contributed by atoms with Gasteiger partial charge in [0.1, 0.15) is 11.8 Å². The van der Waals surface area contributed by atoms with E-state index in [-0.39, 0.29) is 12.1 Å². The summed E-state index contributed by atoms with van der Waals surface area (Å²) in [6.45, 7) is 2.74. The Morgan fingerprint density at radius 2 is 2.14 bits per heavy atom. The Kier molecular flexibility index (Phi) is 5.46. The predicted octanol–water partition coefficient (Wildman–Crippen LogP) is 4.68. The number of ether oxygens (including phenoxy) is 1. The van der Waals surface area contributed by atoms with Gasteiger partial charge in [-0.1, -0.05) is 36.3 Å². The van der Waals surface area contributed by atoms with Crippen LogP contribution in [0.25, 0.3) is 11.4 Å². The molecule has 7 nitrogen and oxygen atoms in total. The summed E-state index contributed by atoms with van der Waals surface area (Å²) in [7, 11) is 1.61. The van der Waals surface area contributed by atoms with E-state index in [1.807, 2.05) is 48.5 Å². The van der Waals surface area contributed by atoms with Crippen LogP contribution in [0.5, 0.6) is 5.75 Å². The summed E-state index contributed by atoms with van der Waals surface area (Å²) in [5.74, 6) is 1.58. The van der Waals surface area contributed by atoms with Gasteiger partial charge in [-0.3, -0.25) is 0 Å². The summed E-state index contributed by atoms with van der Waals surface area (Å²) in [6, 6.07) is 15.0. The SMILES string of the molecule is CCc1cccc(NC(=O)N2CCC[C@H]2c2nc(-c3ccccc3OC)no2)c1. The first kappa shape index (κ1) is 19.0. The van der Waals surface area contributed by atoms with Crippen LogP contribution in [-0.4, -0.2) is 34.7 Å². The number of rotatable bonds is 5. The summed E-state index contributed by atoms with van der Waals surface area (Å²) in [5, 5.41) is 7.11. The third-order valence-electron chi connectivity index (χ3n) is 5.17. The minimum atomic E-state index is -0.236. The van der Waals surface area contributed by atoms with Crippen molar-refractivity contribution in [3.05, 3.63) is 60.0 Å². The van der Waals surface area contributed by atoms with Gasteiger partial charge in [0, 0.05) is 12.2 Å². The average molecular weight is 392 g/mol. The second-order valence-electron chi connectivity index (χ2n) is 6.99. The first-order valence-corrected chi connectivity index (χ1v) is 9.83. The molecule has 2 heterocycles. The second-order valence-corrected chi connectivity index (χ2v) is 6.99. The van der Waals surface area contributed by atoms with Crippen LogP contribution < -0.4 is 10.1 Å². The zero-order valence-corrected chi connectivity index (χ0v) is 16.6. The number of carbonyl (C=O) groups excluding carboxylic acids is 1. The van der Waals surface area contributed by atoms with Crippen LogP contribution in [0.1, 0.15) is 37.3 Å². The molecule has 7 heteroatoms. The van der Waals surface area contributed by atoms with Crippen molar-refractivity contribution in [1.82, 2.24) is 15.0 Å². The number of benzene rings is 2. The van der Waals surface area contributed by atoms with E-state index in [9.17, 15) is 4.79 Å². The van der Waals surface area contributed by atoms with E-state index in [4.69, 9.17) is 9.26 Å². The number of urea groups is 1. The van der Waals surface area contributed by atoms with Crippen LogP contribution in [-0.2, 0) is 6.42 Å². The monoisotopic (exact) mass is 392 g/mol. The summed E-state index contributed by atoms with van der Waals surface area (Å²) < 4.78 is 10.9. The van der Waals surface area contributed by atoms with Crippen molar-refractivity contribution in [3.8, 4) is 17.1 Å². The van der Waals surface area contributed by atoms with Gasteiger partial charge >= 0.3 is 6.03 Å². The van der Waals surface area contributed by atoms with E-state index in [0.29, 0.717) is 24.0 Å². The van der Waals surface area contributed by atoms with E-state index in [2.05, 4.69) is 22.4 Å². The number of hydrogen-bond donors (Lipinski definition) is 1. The molecule has 4 rings (SSSR count). The molecule has 3 aromatic rings. The highest BCUT2D eigenvalue weighted by Gasteiger charge is 2.34. The molecule has 0 aliphatic carbocycles. The zero-order chi connectivity index (χ0) is 20.2. The maximum absolute atomic E-state index is 12.9.